The first kappa shape index (κ1) is 18.7. The molecule has 2 aliphatic heterocycles. The smallest absolute Gasteiger partial charge is 0.263 e. The second-order valence-corrected chi connectivity index (χ2v) is 9.59. The Morgan fingerprint density at radius 3 is 2.41 bits per heavy atom. The highest BCUT2D eigenvalue weighted by Gasteiger charge is 2.44. The molecule has 148 valence electrons. The van der Waals surface area contributed by atoms with Crippen LogP contribution in [0.15, 0.2) is 17.1 Å². The monoisotopic (exact) mass is 371 g/mol. The van der Waals surface area contributed by atoms with Crippen LogP contribution in [0.25, 0.3) is 0 Å². The Morgan fingerprint density at radius 1 is 1.15 bits per heavy atom. The van der Waals surface area contributed by atoms with E-state index in [9.17, 15) is 9.59 Å². The highest BCUT2D eigenvalue weighted by atomic mass is 16.2. The third-order valence-electron chi connectivity index (χ3n) is 7.01. The average molecular weight is 372 g/mol. The molecule has 1 amide bonds. The molecular weight excluding hydrogens is 338 g/mol. The molecule has 0 spiro atoms. The fraction of sp³-hybridized carbons (Fsp3) is 0.727. The van der Waals surface area contributed by atoms with Crippen LogP contribution in [0.4, 0.5) is 0 Å². The topological polar surface area (TPSA) is 45.6 Å². The van der Waals surface area contributed by atoms with Crippen molar-refractivity contribution >= 4 is 5.91 Å². The van der Waals surface area contributed by atoms with E-state index in [0.717, 1.165) is 43.3 Å². The second kappa shape index (κ2) is 7.08. The average Bonchev–Trinajstić information content (AvgIpc) is 2.77. The fourth-order valence-electron chi connectivity index (χ4n) is 6.04. The summed E-state index contributed by atoms with van der Waals surface area (Å²) < 4.78 is 1.74. The van der Waals surface area contributed by atoms with Crippen LogP contribution >= 0.6 is 0 Å². The molecule has 0 radical (unpaired) electrons. The van der Waals surface area contributed by atoms with Crippen LogP contribution in [0.2, 0.25) is 0 Å². The van der Waals surface area contributed by atoms with Crippen molar-refractivity contribution in [1.29, 1.82) is 0 Å². The van der Waals surface area contributed by atoms with Gasteiger partial charge in [-0.3, -0.25) is 9.59 Å². The Morgan fingerprint density at radius 2 is 1.78 bits per heavy atom. The summed E-state index contributed by atoms with van der Waals surface area (Å²) in [6.45, 7) is 5.56. The van der Waals surface area contributed by atoms with E-state index in [1.54, 1.807) is 4.57 Å². The zero-order valence-corrected chi connectivity index (χ0v) is 17.1. The minimum Gasteiger partial charge on any atom is -0.335 e. The molecule has 4 aliphatic rings. The normalized spacial score (nSPS) is 30.6. The lowest BCUT2D eigenvalue weighted by molar-refractivity contribution is 0.0629. The Kier molecular flexibility index (Phi) is 4.91. The summed E-state index contributed by atoms with van der Waals surface area (Å²) in [6.07, 6.45) is 8.02. The Labute approximate surface area is 162 Å². The molecule has 4 bridgehead atoms. The summed E-state index contributed by atoms with van der Waals surface area (Å²) in [5.41, 5.74) is 1.07. The summed E-state index contributed by atoms with van der Waals surface area (Å²) in [4.78, 5) is 31.0. The molecule has 5 nitrogen and oxygen atoms in total. The number of hydrogen-bond donors (Lipinski definition) is 0. The zero-order valence-electron chi connectivity index (χ0n) is 17.1. The van der Waals surface area contributed by atoms with Gasteiger partial charge in [-0.15, -0.1) is 0 Å². The van der Waals surface area contributed by atoms with E-state index in [1.807, 2.05) is 40.2 Å². The molecule has 5 heteroatoms. The molecule has 0 N–H and O–H groups in total. The molecule has 3 atom stereocenters. The summed E-state index contributed by atoms with van der Waals surface area (Å²) in [5.74, 6) is 2.18. The largest absolute Gasteiger partial charge is 0.335 e. The van der Waals surface area contributed by atoms with Crippen molar-refractivity contribution < 1.29 is 4.79 Å². The summed E-state index contributed by atoms with van der Waals surface area (Å²) in [7, 11) is 4.01. The van der Waals surface area contributed by atoms with Crippen molar-refractivity contribution in [3.05, 3.63) is 33.7 Å². The number of fused-ring (bicyclic) bond motifs is 1. The second-order valence-electron chi connectivity index (χ2n) is 9.59. The predicted molar refractivity (Wildman–Crippen MR) is 107 cm³/mol. The van der Waals surface area contributed by atoms with Crippen LogP contribution in [0.1, 0.15) is 61.0 Å². The maximum atomic E-state index is 13.6. The number of carbonyl (C=O) groups is 1. The number of carbonyl (C=O) groups excluding carboxylic acids is 1. The number of amides is 1. The van der Waals surface area contributed by atoms with Gasteiger partial charge in [-0.1, -0.05) is 0 Å². The van der Waals surface area contributed by atoms with Gasteiger partial charge in [0.1, 0.15) is 5.56 Å². The van der Waals surface area contributed by atoms with E-state index < -0.39 is 0 Å². The number of rotatable bonds is 4. The lowest BCUT2D eigenvalue weighted by Crippen LogP contribution is -2.45. The lowest BCUT2D eigenvalue weighted by Gasteiger charge is -2.39. The van der Waals surface area contributed by atoms with E-state index in [1.165, 1.54) is 19.3 Å². The van der Waals surface area contributed by atoms with E-state index >= 15 is 0 Å². The SMILES string of the molecule is Cc1ccn(C(C)CN(C)C)c(=O)c1C(=O)N1CC2CC3CC(C2)CC1C3. The fourth-order valence-corrected chi connectivity index (χ4v) is 6.04. The van der Waals surface area contributed by atoms with Gasteiger partial charge in [-0.25, -0.2) is 0 Å². The first-order valence-corrected chi connectivity index (χ1v) is 10.5. The van der Waals surface area contributed by atoms with Crippen molar-refractivity contribution in [2.75, 3.05) is 27.2 Å². The lowest BCUT2D eigenvalue weighted by atomic mass is 9.68. The maximum Gasteiger partial charge on any atom is 0.263 e. The number of hydrogen-bond acceptors (Lipinski definition) is 3. The molecule has 3 heterocycles. The van der Waals surface area contributed by atoms with Crippen LogP contribution in [0, 0.1) is 24.7 Å². The molecule has 2 saturated heterocycles. The molecule has 5 rings (SSSR count). The van der Waals surface area contributed by atoms with Crippen molar-refractivity contribution in [2.24, 2.45) is 17.8 Å². The van der Waals surface area contributed by atoms with Crippen molar-refractivity contribution in [1.82, 2.24) is 14.4 Å². The van der Waals surface area contributed by atoms with Crippen molar-refractivity contribution in [3.63, 3.8) is 0 Å². The van der Waals surface area contributed by atoms with Gasteiger partial charge in [-0.2, -0.15) is 0 Å². The van der Waals surface area contributed by atoms with E-state index in [-0.39, 0.29) is 17.5 Å². The van der Waals surface area contributed by atoms with Crippen LogP contribution in [0.5, 0.6) is 0 Å². The quantitative estimate of drug-likeness (QED) is 0.817. The molecule has 1 aromatic rings. The third-order valence-corrected chi connectivity index (χ3v) is 7.01. The number of nitrogens with zero attached hydrogens (tertiary/aromatic N) is 3. The van der Waals surface area contributed by atoms with Crippen LogP contribution in [-0.4, -0.2) is 53.5 Å². The maximum absolute atomic E-state index is 13.6. The standard InChI is InChI=1S/C22H33N3O2/c1-14-5-6-24(15(2)12-23(3)4)21(26)20(14)22(27)25-13-18-8-16-7-17(9-18)11-19(25)10-16/h5-6,15-19H,7-13H2,1-4H3. The molecule has 2 aliphatic carbocycles. The van der Waals surface area contributed by atoms with Gasteiger partial charge in [0, 0.05) is 31.4 Å². The minimum atomic E-state index is -0.127. The van der Waals surface area contributed by atoms with E-state index in [4.69, 9.17) is 0 Å². The van der Waals surface area contributed by atoms with E-state index in [2.05, 4.69) is 9.80 Å². The zero-order chi connectivity index (χ0) is 19.3. The predicted octanol–water partition coefficient (Wildman–Crippen LogP) is 2.93. The summed E-state index contributed by atoms with van der Waals surface area (Å²) >= 11 is 0. The minimum absolute atomic E-state index is 0.0258. The van der Waals surface area contributed by atoms with Gasteiger partial charge in [-0.05, 0) is 89.4 Å². The Bertz CT molecular complexity index is 770. The summed E-state index contributed by atoms with van der Waals surface area (Å²) in [5, 5.41) is 0. The highest BCUT2D eigenvalue weighted by Crippen LogP contribution is 2.47. The highest BCUT2D eigenvalue weighted by molar-refractivity contribution is 5.95. The third kappa shape index (κ3) is 3.46. The van der Waals surface area contributed by atoms with Gasteiger partial charge >= 0.3 is 0 Å². The van der Waals surface area contributed by atoms with Crippen molar-refractivity contribution in [2.45, 2.75) is 58.0 Å². The first-order chi connectivity index (χ1) is 12.8. The molecule has 2 saturated carbocycles. The summed E-state index contributed by atoms with van der Waals surface area (Å²) in [6, 6.07) is 2.30. The number of aromatic nitrogens is 1. The molecule has 27 heavy (non-hydrogen) atoms. The molecular formula is C22H33N3O2. The van der Waals surface area contributed by atoms with Gasteiger partial charge in [0.05, 0.1) is 0 Å². The first-order valence-electron chi connectivity index (χ1n) is 10.5. The Balaban J connectivity index is 1.66. The molecule has 3 unspecified atom stereocenters. The van der Waals surface area contributed by atoms with Crippen LogP contribution in [0.3, 0.4) is 0 Å². The number of pyridine rings is 1. The number of likely N-dealkylation sites (N-methyl/N-ethyl adjacent to an activating group) is 1. The molecule has 0 aromatic carbocycles. The van der Waals surface area contributed by atoms with Gasteiger partial charge in [0.15, 0.2) is 0 Å². The van der Waals surface area contributed by atoms with Crippen LogP contribution < -0.4 is 5.56 Å². The van der Waals surface area contributed by atoms with Crippen LogP contribution in [-0.2, 0) is 0 Å². The Hall–Kier alpha value is -1.62. The van der Waals surface area contributed by atoms with E-state index in [0.29, 0.717) is 17.5 Å². The van der Waals surface area contributed by atoms with Gasteiger partial charge < -0.3 is 14.4 Å². The van der Waals surface area contributed by atoms with Gasteiger partial charge in [0.2, 0.25) is 0 Å². The number of aryl methyl sites for hydroxylation is 1. The molecule has 1 aromatic heterocycles. The van der Waals surface area contributed by atoms with Crippen molar-refractivity contribution in [3.8, 4) is 0 Å². The molecule has 4 fully saturated rings. The van der Waals surface area contributed by atoms with Gasteiger partial charge in [0.25, 0.3) is 11.5 Å².